The van der Waals surface area contributed by atoms with Crippen molar-refractivity contribution in [2.24, 2.45) is 0 Å². The fourth-order valence-electron chi connectivity index (χ4n) is 9.88. The fraction of sp³-hybridized carbons (Fsp3) is 0.792. The van der Waals surface area contributed by atoms with E-state index in [1.165, 1.54) is 205 Å². The van der Waals surface area contributed by atoms with Crippen LogP contribution >= 0.6 is 0 Å². The summed E-state index contributed by atoms with van der Waals surface area (Å²) in [5.41, 5.74) is 0. The van der Waals surface area contributed by atoms with Crippen LogP contribution in [0.1, 0.15) is 348 Å². The van der Waals surface area contributed by atoms with E-state index in [2.05, 4.69) is 93.7 Å². The molecule has 0 radical (unpaired) electrons. The van der Waals surface area contributed by atoms with E-state index in [0.29, 0.717) is 19.3 Å². The van der Waals surface area contributed by atoms with Gasteiger partial charge in [0.15, 0.2) is 6.10 Å². The number of esters is 3. The minimum Gasteiger partial charge on any atom is -0.462 e. The van der Waals surface area contributed by atoms with Gasteiger partial charge in [-0.1, -0.05) is 312 Å². The number of ether oxygens (including phenoxy) is 3. The topological polar surface area (TPSA) is 78.9 Å². The van der Waals surface area contributed by atoms with Crippen molar-refractivity contribution in [1.29, 1.82) is 0 Å². The largest absolute Gasteiger partial charge is 0.462 e. The summed E-state index contributed by atoms with van der Waals surface area (Å²) >= 11 is 0. The Morgan fingerprint density at radius 1 is 0.269 bits per heavy atom. The first-order valence-electron chi connectivity index (χ1n) is 33.9. The molecule has 0 aliphatic rings. The van der Waals surface area contributed by atoms with Crippen LogP contribution in [0.25, 0.3) is 0 Å². The van der Waals surface area contributed by atoms with Gasteiger partial charge in [-0.2, -0.15) is 0 Å². The van der Waals surface area contributed by atoms with Gasteiger partial charge >= 0.3 is 17.9 Å². The van der Waals surface area contributed by atoms with Gasteiger partial charge in [0.2, 0.25) is 0 Å². The molecule has 0 saturated carbocycles. The van der Waals surface area contributed by atoms with Gasteiger partial charge in [0.05, 0.1) is 0 Å². The van der Waals surface area contributed by atoms with Gasteiger partial charge in [0, 0.05) is 19.3 Å². The lowest BCUT2D eigenvalue weighted by Crippen LogP contribution is -2.30. The Kier molecular flexibility index (Phi) is 63.7. The molecule has 6 nitrogen and oxygen atoms in total. The Morgan fingerprint density at radius 2 is 0.500 bits per heavy atom. The maximum Gasteiger partial charge on any atom is 0.306 e. The Bertz CT molecular complexity index is 1440. The van der Waals surface area contributed by atoms with Gasteiger partial charge < -0.3 is 14.2 Å². The Hall–Kier alpha value is -3.15. The molecule has 0 aliphatic carbocycles. The first-order valence-corrected chi connectivity index (χ1v) is 33.9. The molecule has 0 N–H and O–H groups in total. The van der Waals surface area contributed by atoms with Crippen molar-refractivity contribution >= 4 is 17.9 Å². The molecular formula is C72H128O6. The Labute approximate surface area is 484 Å². The average Bonchev–Trinajstić information content (AvgIpc) is 3.44. The SMILES string of the molecule is CC/C=C\C/C=C\C/C=C\C/C=C\CCCCCCC(=O)OC(COC(=O)CCCCCCCCCCCCCC)COC(=O)CCCCCCCCCCCCCCCCCCCCC/C=C\C/C=C\CCCCCCC. The van der Waals surface area contributed by atoms with Crippen LogP contribution in [0.2, 0.25) is 0 Å². The molecule has 6 heteroatoms. The molecule has 0 saturated heterocycles. The Morgan fingerprint density at radius 3 is 0.782 bits per heavy atom. The molecule has 1 unspecified atom stereocenters. The average molecular weight is 1090 g/mol. The highest BCUT2D eigenvalue weighted by atomic mass is 16.6. The molecule has 78 heavy (non-hydrogen) atoms. The van der Waals surface area contributed by atoms with Crippen LogP contribution in [0.5, 0.6) is 0 Å². The van der Waals surface area contributed by atoms with Crippen LogP contribution in [-0.4, -0.2) is 37.2 Å². The maximum atomic E-state index is 12.9. The second-order valence-corrected chi connectivity index (χ2v) is 22.7. The van der Waals surface area contributed by atoms with Gasteiger partial charge in [-0.25, -0.2) is 0 Å². The summed E-state index contributed by atoms with van der Waals surface area (Å²) in [4.78, 5) is 38.3. The van der Waals surface area contributed by atoms with Crippen molar-refractivity contribution in [3.05, 3.63) is 72.9 Å². The summed E-state index contributed by atoms with van der Waals surface area (Å²) in [6.45, 7) is 6.53. The fourth-order valence-corrected chi connectivity index (χ4v) is 9.88. The van der Waals surface area contributed by atoms with Crippen molar-refractivity contribution in [3.63, 3.8) is 0 Å². The van der Waals surface area contributed by atoms with Crippen LogP contribution < -0.4 is 0 Å². The zero-order chi connectivity index (χ0) is 56.4. The molecule has 452 valence electrons. The van der Waals surface area contributed by atoms with E-state index in [9.17, 15) is 14.4 Å². The summed E-state index contributed by atoms with van der Waals surface area (Å²) in [7, 11) is 0. The molecule has 0 rings (SSSR count). The van der Waals surface area contributed by atoms with E-state index in [4.69, 9.17) is 14.2 Å². The van der Waals surface area contributed by atoms with Gasteiger partial charge in [0.25, 0.3) is 0 Å². The van der Waals surface area contributed by atoms with Gasteiger partial charge in [-0.05, 0) is 89.9 Å². The number of carbonyl (C=O) groups excluding carboxylic acids is 3. The molecule has 0 amide bonds. The van der Waals surface area contributed by atoms with E-state index in [1.807, 2.05) is 0 Å². The van der Waals surface area contributed by atoms with Crippen LogP contribution in [-0.2, 0) is 28.6 Å². The summed E-state index contributed by atoms with van der Waals surface area (Å²) < 4.78 is 16.9. The van der Waals surface area contributed by atoms with E-state index < -0.39 is 6.10 Å². The molecule has 0 aromatic rings. The summed E-state index contributed by atoms with van der Waals surface area (Å²) in [5, 5.41) is 0. The van der Waals surface area contributed by atoms with Crippen LogP contribution in [0.3, 0.4) is 0 Å². The first kappa shape index (κ1) is 74.8. The number of allylic oxidation sites excluding steroid dienone is 12. The van der Waals surface area contributed by atoms with Crippen molar-refractivity contribution in [3.8, 4) is 0 Å². The lowest BCUT2D eigenvalue weighted by atomic mass is 10.0. The third kappa shape index (κ3) is 63.7. The summed E-state index contributed by atoms with van der Waals surface area (Å²) in [5.74, 6) is -0.887. The Balaban J connectivity index is 4.17. The maximum absolute atomic E-state index is 12.9. The quantitative estimate of drug-likeness (QED) is 0.0261. The molecule has 0 aliphatic heterocycles. The minimum absolute atomic E-state index is 0.0811. The summed E-state index contributed by atoms with van der Waals surface area (Å²) in [6, 6.07) is 0. The highest BCUT2D eigenvalue weighted by molar-refractivity contribution is 5.71. The molecular weight excluding hydrogens is 961 g/mol. The standard InChI is InChI=1S/C72H128O6/c1-4-7-10-13-16-19-22-25-27-29-30-31-32-33-34-35-36-37-38-39-40-41-42-44-45-47-50-53-56-59-62-65-71(74)77-68-69(67-76-70(73)64-61-58-55-52-49-24-21-18-15-12-9-6-3)78-72(75)66-63-60-57-54-51-48-46-43-28-26-23-20-17-14-11-8-5-2/h8,11,17,20,22,25-26,28-30,46,48,69H,4-7,9-10,12-16,18-19,21,23-24,27,31-45,47,49-68H2,1-3H3/b11-8-,20-17-,25-22-,28-26-,30-29-,48-46-. The molecule has 0 bridgehead atoms. The predicted molar refractivity (Wildman–Crippen MR) is 339 cm³/mol. The lowest BCUT2D eigenvalue weighted by molar-refractivity contribution is -0.167. The second kappa shape index (κ2) is 66.4. The van der Waals surface area contributed by atoms with Gasteiger partial charge in [-0.3, -0.25) is 14.4 Å². The van der Waals surface area contributed by atoms with Gasteiger partial charge in [0.1, 0.15) is 13.2 Å². The van der Waals surface area contributed by atoms with Crippen LogP contribution in [0.4, 0.5) is 0 Å². The smallest absolute Gasteiger partial charge is 0.306 e. The van der Waals surface area contributed by atoms with Crippen LogP contribution in [0, 0.1) is 0 Å². The zero-order valence-electron chi connectivity index (χ0n) is 51.9. The number of carbonyl (C=O) groups is 3. The lowest BCUT2D eigenvalue weighted by Gasteiger charge is -2.18. The minimum atomic E-state index is -0.786. The van der Waals surface area contributed by atoms with E-state index >= 15 is 0 Å². The normalized spacial score (nSPS) is 12.5. The van der Waals surface area contributed by atoms with Gasteiger partial charge in [-0.15, -0.1) is 0 Å². The van der Waals surface area contributed by atoms with E-state index in [1.54, 1.807) is 0 Å². The van der Waals surface area contributed by atoms with Crippen molar-refractivity contribution in [2.45, 2.75) is 354 Å². The van der Waals surface area contributed by atoms with E-state index in [-0.39, 0.29) is 31.1 Å². The third-order valence-electron chi connectivity index (χ3n) is 14.9. The third-order valence-corrected chi connectivity index (χ3v) is 14.9. The van der Waals surface area contributed by atoms with Crippen molar-refractivity contribution in [2.75, 3.05) is 13.2 Å². The number of hydrogen-bond donors (Lipinski definition) is 0. The monoisotopic (exact) mass is 1090 g/mol. The first-order chi connectivity index (χ1) is 38.5. The molecule has 0 heterocycles. The van der Waals surface area contributed by atoms with Crippen molar-refractivity contribution in [1.82, 2.24) is 0 Å². The summed E-state index contributed by atoms with van der Waals surface area (Å²) in [6.07, 6.45) is 86.5. The number of unbranched alkanes of at least 4 members (excludes halogenated alkanes) is 39. The molecule has 0 aromatic heterocycles. The molecule has 0 fully saturated rings. The molecule has 0 aromatic carbocycles. The molecule has 1 atom stereocenters. The number of rotatable bonds is 62. The highest BCUT2D eigenvalue weighted by Crippen LogP contribution is 2.17. The number of hydrogen-bond acceptors (Lipinski definition) is 6. The predicted octanol–water partition coefficient (Wildman–Crippen LogP) is 23.3. The molecule has 0 spiro atoms. The zero-order valence-corrected chi connectivity index (χ0v) is 51.9. The van der Waals surface area contributed by atoms with Crippen LogP contribution in [0.15, 0.2) is 72.9 Å². The van der Waals surface area contributed by atoms with Crippen molar-refractivity contribution < 1.29 is 28.6 Å². The van der Waals surface area contributed by atoms with E-state index in [0.717, 1.165) is 103 Å². The highest BCUT2D eigenvalue weighted by Gasteiger charge is 2.19. The second-order valence-electron chi connectivity index (χ2n) is 22.7.